The van der Waals surface area contributed by atoms with E-state index in [9.17, 15) is 4.79 Å². The normalized spacial score (nSPS) is 10.3. The Labute approximate surface area is 155 Å². The van der Waals surface area contributed by atoms with Gasteiger partial charge in [0.25, 0.3) is 0 Å². The number of hydrogen-bond donors (Lipinski definition) is 1. The topological polar surface area (TPSA) is 86.2 Å². The van der Waals surface area contributed by atoms with Crippen molar-refractivity contribution in [1.29, 1.82) is 0 Å². The van der Waals surface area contributed by atoms with Crippen molar-refractivity contribution >= 4 is 29.1 Å². The van der Waals surface area contributed by atoms with E-state index in [0.29, 0.717) is 28.6 Å². The maximum Gasteiger partial charge on any atom is 0.337 e. The van der Waals surface area contributed by atoms with Gasteiger partial charge >= 0.3 is 5.97 Å². The largest absolute Gasteiger partial charge is 0.495 e. The average molecular weight is 371 g/mol. The first-order valence-corrected chi connectivity index (χ1v) is 7.97. The molecule has 3 rings (SSSR count). The summed E-state index contributed by atoms with van der Waals surface area (Å²) in [5.41, 5.74) is 1.65. The molecular weight excluding hydrogens is 356 g/mol. The molecule has 0 aliphatic carbocycles. The Bertz CT molecular complexity index is 935. The van der Waals surface area contributed by atoms with E-state index in [-0.39, 0.29) is 5.15 Å². The van der Waals surface area contributed by atoms with Gasteiger partial charge in [0.15, 0.2) is 5.82 Å². The van der Waals surface area contributed by atoms with Gasteiger partial charge in [-0.3, -0.25) is 4.98 Å². The summed E-state index contributed by atoms with van der Waals surface area (Å²) >= 11 is 6.13. The molecule has 0 unspecified atom stereocenters. The van der Waals surface area contributed by atoms with Gasteiger partial charge in [-0.05, 0) is 30.3 Å². The molecule has 26 heavy (non-hydrogen) atoms. The summed E-state index contributed by atoms with van der Waals surface area (Å²) in [4.78, 5) is 24.5. The number of carbonyl (C=O) groups is 1. The second kappa shape index (κ2) is 7.79. The van der Waals surface area contributed by atoms with Crippen LogP contribution in [0, 0.1) is 0 Å². The van der Waals surface area contributed by atoms with Crippen molar-refractivity contribution < 1.29 is 14.3 Å². The maximum atomic E-state index is 11.8. The first-order chi connectivity index (χ1) is 12.6. The number of benzene rings is 1. The molecule has 0 saturated carbocycles. The van der Waals surface area contributed by atoms with Crippen molar-refractivity contribution in [3.63, 3.8) is 0 Å². The van der Waals surface area contributed by atoms with E-state index in [4.69, 9.17) is 21.1 Å². The molecule has 0 aliphatic heterocycles. The Morgan fingerprint density at radius 2 is 2.00 bits per heavy atom. The number of carbonyl (C=O) groups excluding carboxylic acids is 1. The van der Waals surface area contributed by atoms with Crippen molar-refractivity contribution in [2.24, 2.45) is 0 Å². The molecule has 1 N–H and O–H groups in total. The summed E-state index contributed by atoms with van der Waals surface area (Å²) in [5, 5.41) is 3.37. The molecule has 0 amide bonds. The van der Waals surface area contributed by atoms with Gasteiger partial charge in [0.1, 0.15) is 16.7 Å². The minimum atomic E-state index is -0.451. The molecule has 0 aliphatic rings. The number of nitrogens with zero attached hydrogens (tertiary/aromatic N) is 3. The summed E-state index contributed by atoms with van der Waals surface area (Å²) in [6.45, 7) is 0. The monoisotopic (exact) mass is 370 g/mol. The minimum absolute atomic E-state index is 0.268. The number of ether oxygens (including phenoxy) is 2. The Hall–Kier alpha value is -3.19. The van der Waals surface area contributed by atoms with Gasteiger partial charge in [-0.25, -0.2) is 14.8 Å². The molecule has 0 saturated heterocycles. The van der Waals surface area contributed by atoms with Crippen molar-refractivity contribution in [3.8, 4) is 17.1 Å². The van der Waals surface area contributed by atoms with Crippen LogP contribution in [0.5, 0.6) is 5.75 Å². The molecule has 0 bridgehead atoms. The number of anilines is 2. The van der Waals surface area contributed by atoms with Crippen LogP contribution in [-0.4, -0.2) is 35.1 Å². The predicted molar refractivity (Wildman–Crippen MR) is 97.9 cm³/mol. The number of hydrogen-bond acceptors (Lipinski definition) is 7. The smallest absolute Gasteiger partial charge is 0.337 e. The fourth-order valence-electron chi connectivity index (χ4n) is 2.29. The van der Waals surface area contributed by atoms with Crippen molar-refractivity contribution in [3.05, 3.63) is 59.5 Å². The van der Waals surface area contributed by atoms with E-state index in [1.54, 1.807) is 42.7 Å². The molecule has 0 radical (unpaired) electrons. The van der Waals surface area contributed by atoms with E-state index in [1.165, 1.54) is 14.2 Å². The molecule has 3 aromatic rings. The molecule has 2 heterocycles. The second-order valence-electron chi connectivity index (χ2n) is 5.17. The highest BCUT2D eigenvalue weighted by molar-refractivity contribution is 6.29. The van der Waals surface area contributed by atoms with Crippen LogP contribution in [-0.2, 0) is 4.74 Å². The van der Waals surface area contributed by atoms with E-state index >= 15 is 0 Å². The third-order valence-electron chi connectivity index (χ3n) is 3.50. The number of rotatable bonds is 5. The first kappa shape index (κ1) is 17.6. The van der Waals surface area contributed by atoms with Crippen LogP contribution in [0.4, 0.5) is 11.5 Å². The Morgan fingerprint density at radius 1 is 1.15 bits per heavy atom. The van der Waals surface area contributed by atoms with E-state index in [2.05, 4.69) is 20.3 Å². The molecule has 2 aromatic heterocycles. The van der Waals surface area contributed by atoms with Crippen LogP contribution in [0.25, 0.3) is 11.4 Å². The zero-order valence-electron chi connectivity index (χ0n) is 14.1. The zero-order valence-corrected chi connectivity index (χ0v) is 14.8. The van der Waals surface area contributed by atoms with Crippen LogP contribution in [0.1, 0.15) is 10.4 Å². The minimum Gasteiger partial charge on any atom is -0.495 e. The first-order valence-electron chi connectivity index (χ1n) is 7.59. The van der Waals surface area contributed by atoms with E-state index in [0.717, 1.165) is 5.56 Å². The lowest BCUT2D eigenvalue weighted by Gasteiger charge is -2.13. The Morgan fingerprint density at radius 3 is 2.69 bits per heavy atom. The number of pyridine rings is 1. The molecule has 7 nitrogen and oxygen atoms in total. The van der Waals surface area contributed by atoms with Gasteiger partial charge in [0.05, 0.1) is 25.5 Å². The summed E-state index contributed by atoms with van der Waals surface area (Å²) in [7, 11) is 2.86. The van der Waals surface area contributed by atoms with Gasteiger partial charge in [-0.1, -0.05) is 11.6 Å². The van der Waals surface area contributed by atoms with Crippen LogP contribution >= 0.6 is 11.6 Å². The van der Waals surface area contributed by atoms with Gasteiger partial charge in [-0.2, -0.15) is 0 Å². The summed E-state index contributed by atoms with van der Waals surface area (Å²) in [6.07, 6.45) is 3.31. The lowest BCUT2D eigenvalue weighted by Crippen LogP contribution is -2.04. The van der Waals surface area contributed by atoms with E-state index in [1.807, 2.05) is 6.07 Å². The van der Waals surface area contributed by atoms with Gasteiger partial charge in [-0.15, -0.1) is 0 Å². The van der Waals surface area contributed by atoms with Crippen LogP contribution in [0.2, 0.25) is 5.15 Å². The summed E-state index contributed by atoms with van der Waals surface area (Å²) < 4.78 is 10.1. The highest BCUT2D eigenvalue weighted by Gasteiger charge is 2.12. The van der Waals surface area contributed by atoms with Crippen molar-refractivity contribution in [1.82, 2.24) is 15.0 Å². The summed E-state index contributed by atoms with van der Waals surface area (Å²) in [5.74, 6) is 0.961. The fourth-order valence-corrected chi connectivity index (χ4v) is 2.48. The lowest BCUT2D eigenvalue weighted by atomic mass is 10.2. The number of halogens is 1. The molecule has 0 atom stereocenters. The predicted octanol–water partition coefficient (Wildman–Crippen LogP) is 3.73. The lowest BCUT2D eigenvalue weighted by molar-refractivity contribution is 0.0601. The maximum absolute atomic E-state index is 11.8. The highest BCUT2D eigenvalue weighted by atomic mass is 35.5. The standard InChI is InChI=1S/C18H15ClN4O3/c1-25-14-6-5-11(18(24)26-2)8-13(14)21-16-9-15(19)22-17(23-16)12-4-3-7-20-10-12/h3-10H,1-2H3,(H,21,22,23). The Balaban J connectivity index is 1.98. The van der Waals surface area contributed by atoms with Crippen LogP contribution in [0.15, 0.2) is 48.8 Å². The highest BCUT2D eigenvalue weighted by Crippen LogP contribution is 2.30. The van der Waals surface area contributed by atoms with Gasteiger partial charge in [0.2, 0.25) is 0 Å². The third-order valence-corrected chi connectivity index (χ3v) is 3.69. The molecule has 8 heteroatoms. The third kappa shape index (κ3) is 3.89. The molecule has 1 aromatic carbocycles. The van der Waals surface area contributed by atoms with Crippen molar-refractivity contribution in [2.75, 3.05) is 19.5 Å². The van der Waals surface area contributed by atoms with Crippen LogP contribution in [0.3, 0.4) is 0 Å². The Kier molecular flexibility index (Phi) is 5.28. The summed E-state index contributed by atoms with van der Waals surface area (Å²) in [6, 6.07) is 10.1. The van der Waals surface area contributed by atoms with E-state index < -0.39 is 5.97 Å². The molecular formula is C18H15ClN4O3. The zero-order chi connectivity index (χ0) is 18.5. The SMILES string of the molecule is COC(=O)c1ccc(OC)c(Nc2cc(Cl)nc(-c3cccnc3)n2)c1. The second-order valence-corrected chi connectivity index (χ2v) is 5.56. The fraction of sp³-hybridized carbons (Fsp3) is 0.111. The van der Waals surface area contributed by atoms with Gasteiger partial charge in [0, 0.05) is 24.0 Å². The number of aromatic nitrogens is 3. The number of methoxy groups -OCH3 is 2. The average Bonchev–Trinajstić information content (AvgIpc) is 2.67. The quantitative estimate of drug-likeness (QED) is 0.540. The molecule has 0 spiro atoms. The van der Waals surface area contributed by atoms with Crippen LogP contribution < -0.4 is 10.1 Å². The number of nitrogens with one attached hydrogen (secondary N) is 1. The van der Waals surface area contributed by atoms with Crippen molar-refractivity contribution in [2.45, 2.75) is 0 Å². The van der Waals surface area contributed by atoms with Gasteiger partial charge < -0.3 is 14.8 Å². The molecule has 0 fully saturated rings. The number of esters is 1. The molecule has 132 valence electrons.